The van der Waals surface area contributed by atoms with Crippen LogP contribution < -0.4 is 10.6 Å². The van der Waals surface area contributed by atoms with Crippen molar-refractivity contribution in [3.63, 3.8) is 0 Å². The first kappa shape index (κ1) is 18.3. The number of H-pyrrole nitrogens is 1. The number of carbonyl (C=O) groups excluding carboxylic acids is 1. The summed E-state index contributed by atoms with van der Waals surface area (Å²) in [6.07, 6.45) is 0. The minimum atomic E-state index is -0.259. The van der Waals surface area contributed by atoms with Gasteiger partial charge in [-0.3, -0.25) is 0 Å². The van der Waals surface area contributed by atoms with E-state index >= 15 is 0 Å². The van der Waals surface area contributed by atoms with Gasteiger partial charge in [-0.05, 0) is 41.5 Å². The molecule has 1 atom stereocenters. The quantitative estimate of drug-likeness (QED) is 0.352. The van der Waals surface area contributed by atoms with E-state index in [2.05, 4.69) is 43.8 Å². The maximum Gasteiger partial charge on any atom is 0.319 e. The predicted octanol–water partition coefficient (Wildman–Crippen LogP) is 5.72. The fourth-order valence-corrected chi connectivity index (χ4v) is 4.14. The fraction of sp³-hybridized carbons (Fsp3) is 0.0870. The van der Waals surface area contributed by atoms with Gasteiger partial charge in [0, 0.05) is 11.1 Å². The number of amides is 2. The van der Waals surface area contributed by atoms with Gasteiger partial charge >= 0.3 is 6.03 Å². The molecule has 3 aromatic carbocycles. The number of carbonyl (C=O) groups is 1. The minimum absolute atomic E-state index is 0.138. The molecule has 0 spiro atoms. The molecule has 6 nitrogen and oxygen atoms in total. The molecule has 2 amide bonds. The monoisotopic (exact) mass is 413 g/mol. The summed E-state index contributed by atoms with van der Waals surface area (Å²) in [5, 5.41) is 10.2. The number of imidazole rings is 1. The van der Waals surface area contributed by atoms with Crippen molar-refractivity contribution in [3.05, 3.63) is 77.1 Å². The summed E-state index contributed by atoms with van der Waals surface area (Å²) >= 11 is 1.52. The van der Waals surface area contributed by atoms with Crippen LogP contribution in [0.25, 0.3) is 33.3 Å². The summed E-state index contributed by atoms with van der Waals surface area (Å²) in [7, 11) is 0. The van der Waals surface area contributed by atoms with E-state index in [0.29, 0.717) is 5.69 Å². The van der Waals surface area contributed by atoms with E-state index in [-0.39, 0.29) is 12.1 Å². The molecule has 0 fully saturated rings. The van der Waals surface area contributed by atoms with Crippen LogP contribution in [0.5, 0.6) is 0 Å². The number of aromatic amines is 1. The zero-order valence-corrected chi connectivity index (χ0v) is 17.0. The number of hydrogen-bond donors (Lipinski definition) is 3. The highest BCUT2D eigenvalue weighted by Crippen LogP contribution is 2.25. The second kappa shape index (κ2) is 7.61. The predicted molar refractivity (Wildman–Crippen MR) is 122 cm³/mol. The van der Waals surface area contributed by atoms with E-state index in [0.717, 1.165) is 38.9 Å². The second-order valence-corrected chi connectivity index (χ2v) is 7.80. The van der Waals surface area contributed by atoms with Crippen molar-refractivity contribution >= 4 is 44.9 Å². The highest BCUT2D eigenvalue weighted by Gasteiger charge is 2.13. The molecule has 0 saturated heterocycles. The number of nitrogens with zero attached hydrogens (tertiary/aromatic N) is 2. The van der Waals surface area contributed by atoms with Crippen molar-refractivity contribution in [2.24, 2.45) is 0 Å². The van der Waals surface area contributed by atoms with Crippen LogP contribution in [0.2, 0.25) is 0 Å². The fourth-order valence-electron chi connectivity index (χ4n) is 3.60. The Morgan fingerprint density at radius 3 is 2.83 bits per heavy atom. The van der Waals surface area contributed by atoms with Crippen LogP contribution in [-0.4, -0.2) is 21.0 Å². The zero-order valence-electron chi connectivity index (χ0n) is 16.2. The van der Waals surface area contributed by atoms with E-state index in [1.54, 1.807) is 5.51 Å². The van der Waals surface area contributed by atoms with Crippen molar-refractivity contribution in [3.8, 4) is 11.5 Å². The first-order valence-corrected chi connectivity index (χ1v) is 10.6. The van der Waals surface area contributed by atoms with E-state index in [1.807, 2.05) is 54.8 Å². The van der Waals surface area contributed by atoms with Crippen molar-refractivity contribution in [2.75, 3.05) is 5.32 Å². The topological polar surface area (TPSA) is 82.7 Å². The van der Waals surface area contributed by atoms with Gasteiger partial charge in [-0.25, -0.2) is 14.8 Å². The standard InChI is InChI=1S/C23H19N5OS/c1-14(17-8-4-6-15-5-2-3-7-18(15)17)25-23(29)26-16-9-10-19-20(11-16)28-22(27-19)21-12-30-13-24-21/h2-14H,1H3,(H,27,28)(H2,25,26,29). The van der Waals surface area contributed by atoms with Crippen molar-refractivity contribution < 1.29 is 4.79 Å². The Hall–Kier alpha value is -3.71. The summed E-state index contributed by atoms with van der Waals surface area (Å²) in [6, 6.07) is 19.5. The van der Waals surface area contributed by atoms with Crippen LogP contribution in [0.3, 0.4) is 0 Å². The Kier molecular flexibility index (Phi) is 4.65. The van der Waals surface area contributed by atoms with Crippen molar-refractivity contribution in [2.45, 2.75) is 13.0 Å². The zero-order chi connectivity index (χ0) is 20.5. The molecule has 3 N–H and O–H groups in total. The number of hydrogen-bond acceptors (Lipinski definition) is 4. The Bertz CT molecular complexity index is 1340. The molecule has 7 heteroatoms. The van der Waals surface area contributed by atoms with Gasteiger partial charge in [0.25, 0.3) is 0 Å². The molecule has 148 valence electrons. The molecule has 1 unspecified atom stereocenters. The number of aromatic nitrogens is 3. The minimum Gasteiger partial charge on any atom is -0.337 e. The molecule has 2 aromatic heterocycles. The average molecular weight is 414 g/mol. The number of urea groups is 1. The van der Waals surface area contributed by atoms with Gasteiger partial charge in [-0.15, -0.1) is 11.3 Å². The first-order valence-electron chi connectivity index (χ1n) is 9.61. The molecule has 0 aliphatic rings. The van der Waals surface area contributed by atoms with Crippen LogP contribution in [0.4, 0.5) is 10.5 Å². The lowest BCUT2D eigenvalue weighted by molar-refractivity contribution is 0.249. The van der Waals surface area contributed by atoms with Crippen molar-refractivity contribution in [1.29, 1.82) is 0 Å². The summed E-state index contributed by atoms with van der Waals surface area (Å²) < 4.78 is 0. The van der Waals surface area contributed by atoms with Crippen LogP contribution >= 0.6 is 11.3 Å². The van der Waals surface area contributed by atoms with Gasteiger partial charge in [-0.1, -0.05) is 42.5 Å². The second-order valence-electron chi connectivity index (χ2n) is 7.08. The molecular weight excluding hydrogens is 394 g/mol. The third-order valence-electron chi connectivity index (χ3n) is 5.05. The molecular formula is C23H19N5OS. The van der Waals surface area contributed by atoms with Gasteiger partial charge < -0.3 is 15.6 Å². The van der Waals surface area contributed by atoms with Crippen LogP contribution in [0.15, 0.2) is 71.6 Å². The lowest BCUT2D eigenvalue weighted by Crippen LogP contribution is -2.31. The van der Waals surface area contributed by atoms with Crippen molar-refractivity contribution in [1.82, 2.24) is 20.3 Å². The summed E-state index contributed by atoms with van der Waals surface area (Å²) in [5.41, 5.74) is 6.02. The van der Waals surface area contributed by atoms with Crippen LogP contribution in [-0.2, 0) is 0 Å². The van der Waals surface area contributed by atoms with Crippen LogP contribution in [0.1, 0.15) is 18.5 Å². The summed E-state index contributed by atoms with van der Waals surface area (Å²) in [4.78, 5) is 24.7. The average Bonchev–Trinajstić information content (AvgIpc) is 3.42. The largest absolute Gasteiger partial charge is 0.337 e. The van der Waals surface area contributed by atoms with Gasteiger partial charge in [-0.2, -0.15) is 0 Å². The maximum absolute atomic E-state index is 12.6. The SMILES string of the molecule is CC(NC(=O)Nc1ccc2[nH]c(-c3cscn3)nc2c1)c1cccc2ccccc12. The molecule has 5 rings (SSSR count). The van der Waals surface area contributed by atoms with Crippen LogP contribution in [0, 0.1) is 0 Å². The van der Waals surface area contributed by atoms with Gasteiger partial charge in [0.1, 0.15) is 5.69 Å². The smallest absolute Gasteiger partial charge is 0.319 e. The molecule has 0 bridgehead atoms. The van der Waals surface area contributed by atoms with E-state index in [4.69, 9.17) is 0 Å². The molecule has 5 aromatic rings. The summed E-state index contributed by atoms with van der Waals surface area (Å²) in [5.74, 6) is 0.720. The van der Waals surface area contributed by atoms with E-state index in [1.165, 1.54) is 11.3 Å². The maximum atomic E-state index is 12.6. The number of anilines is 1. The number of fused-ring (bicyclic) bond motifs is 2. The first-order chi connectivity index (χ1) is 14.7. The summed E-state index contributed by atoms with van der Waals surface area (Å²) in [6.45, 7) is 1.98. The van der Waals surface area contributed by atoms with Gasteiger partial charge in [0.2, 0.25) is 0 Å². The van der Waals surface area contributed by atoms with E-state index in [9.17, 15) is 4.79 Å². The molecule has 2 heterocycles. The third-order valence-corrected chi connectivity index (χ3v) is 5.64. The number of thiazole rings is 1. The number of nitrogens with one attached hydrogen (secondary N) is 3. The highest BCUT2D eigenvalue weighted by molar-refractivity contribution is 7.07. The Morgan fingerprint density at radius 2 is 1.97 bits per heavy atom. The van der Waals surface area contributed by atoms with E-state index < -0.39 is 0 Å². The molecule has 0 aliphatic heterocycles. The molecule has 0 aliphatic carbocycles. The molecule has 0 radical (unpaired) electrons. The Balaban J connectivity index is 1.33. The number of benzene rings is 3. The normalized spacial score (nSPS) is 12.2. The number of rotatable bonds is 4. The van der Waals surface area contributed by atoms with Gasteiger partial charge in [0.15, 0.2) is 5.82 Å². The Morgan fingerprint density at radius 1 is 1.10 bits per heavy atom. The third kappa shape index (κ3) is 3.51. The Labute approximate surface area is 177 Å². The molecule has 30 heavy (non-hydrogen) atoms. The highest BCUT2D eigenvalue weighted by atomic mass is 32.1. The lowest BCUT2D eigenvalue weighted by Gasteiger charge is -2.17. The van der Waals surface area contributed by atoms with Gasteiger partial charge in [0.05, 0.1) is 22.6 Å². The molecule has 0 saturated carbocycles. The lowest BCUT2D eigenvalue weighted by atomic mass is 10.00.